The Kier molecular flexibility index (Phi) is 8.09. The summed E-state index contributed by atoms with van der Waals surface area (Å²) >= 11 is 1.77. The van der Waals surface area contributed by atoms with Gasteiger partial charge in [-0.1, -0.05) is 18.2 Å². The van der Waals surface area contributed by atoms with Crippen LogP contribution in [0.1, 0.15) is 33.8 Å². The Hall–Kier alpha value is -1.61. The molecule has 5 nitrogen and oxygen atoms in total. The summed E-state index contributed by atoms with van der Waals surface area (Å²) in [5.74, 6) is 1.71. The van der Waals surface area contributed by atoms with Crippen LogP contribution in [0.15, 0.2) is 33.7 Å². The van der Waals surface area contributed by atoms with E-state index in [-0.39, 0.29) is 24.0 Å². The number of nitrogens with one attached hydrogen (secondary N) is 2. The van der Waals surface area contributed by atoms with Crippen LogP contribution < -0.4 is 10.6 Å². The zero-order chi connectivity index (χ0) is 18.5. The lowest BCUT2D eigenvalue weighted by atomic mass is 10.1. The topological polar surface area (TPSA) is 62.5 Å². The molecule has 0 amide bonds. The minimum absolute atomic E-state index is 0. The van der Waals surface area contributed by atoms with E-state index >= 15 is 0 Å². The summed E-state index contributed by atoms with van der Waals surface area (Å²) < 4.78 is 5.95. The number of halogens is 1. The van der Waals surface area contributed by atoms with E-state index in [1.807, 2.05) is 18.2 Å². The Labute approximate surface area is 181 Å². The number of aromatic nitrogens is 1. The van der Waals surface area contributed by atoms with Gasteiger partial charge in [-0.3, -0.25) is 0 Å². The van der Waals surface area contributed by atoms with Gasteiger partial charge in [0.15, 0.2) is 5.96 Å². The first-order valence-corrected chi connectivity index (χ1v) is 9.82. The Bertz CT molecular complexity index is 896. The molecule has 0 saturated heterocycles. The number of thiazole rings is 1. The summed E-state index contributed by atoms with van der Waals surface area (Å²) in [6, 6.07) is 8.11. The quantitative estimate of drug-likeness (QED) is 0.293. The average molecular weight is 498 g/mol. The van der Waals surface area contributed by atoms with Crippen molar-refractivity contribution in [2.45, 2.75) is 40.7 Å². The highest BCUT2D eigenvalue weighted by Gasteiger charge is 2.10. The van der Waals surface area contributed by atoms with Gasteiger partial charge in [0.05, 0.1) is 10.7 Å². The molecule has 0 aliphatic rings. The van der Waals surface area contributed by atoms with E-state index in [9.17, 15) is 0 Å². The number of benzene rings is 1. The van der Waals surface area contributed by atoms with E-state index in [0.717, 1.165) is 58.5 Å². The number of hydrogen-bond donors (Lipinski definition) is 2. The maximum Gasteiger partial charge on any atom is 0.191 e. The van der Waals surface area contributed by atoms with Crippen LogP contribution in [0, 0.1) is 20.8 Å². The fourth-order valence-electron chi connectivity index (χ4n) is 2.80. The second-order valence-electron chi connectivity index (χ2n) is 6.27. The van der Waals surface area contributed by atoms with E-state index in [0.29, 0.717) is 6.54 Å². The zero-order valence-corrected chi connectivity index (χ0v) is 19.4. The molecule has 2 aromatic heterocycles. The van der Waals surface area contributed by atoms with Gasteiger partial charge in [-0.2, -0.15) is 0 Å². The van der Waals surface area contributed by atoms with Gasteiger partial charge in [0.1, 0.15) is 17.9 Å². The first kappa shape index (κ1) is 21.7. The number of aryl methyl sites for hydroxylation is 3. The van der Waals surface area contributed by atoms with Crippen molar-refractivity contribution < 1.29 is 4.42 Å². The summed E-state index contributed by atoms with van der Waals surface area (Å²) in [6.07, 6.45) is 0.896. The zero-order valence-electron chi connectivity index (χ0n) is 16.3. The van der Waals surface area contributed by atoms with E-state index in [1.165, 1.54) is 4.88 Å². The second kappa shape index (κ2) is 10.1. The normalized spacial score (nSPS) is 11.5. The molecule has 3 rings (SSSR count). The van der Waals surface area contributed by atoms with Gasteiger partial charge in [-0.25, -0.2) is 9.98 Å². The molecule has 2 N–H and O–H groups in total. The molecule has 27 heavy (non-hydrogen) atoms. The summed E-state index contributed by atoms with van der Waals surface area (Å²) in [4.78, 5) is 10.6. The van der Waals surface area contributed by atoms with Crippen molar-refractivity contribution in [2.75, 3.05) is 13.1 Å². The molecule has 0 radical (unpaired) electrons. The first-order valence-electron chi connectivity index (χ1n) is 9.00. The highest BCUT2D eigenvalue weighted by atomic mass is 127. The SMILES string of the molecule is CCNC(=NCc1oc2ccccc2c1C)NCCc1nc(C)c(C)s1.I. The van der Waals surface area contributed by atoms with Crippen LogP contribution in [0.4, 0.5) is 0 Å². The maximum absolute atomic E-state index is 5.95. The standard InChI is InChI=1S/C20H26N4OS.HI/c1-5-21-20(22-11-10-19-24-14(3)15(4)26-19)23-12-18-13(2)16-8-6-7-9-17(16)25-18;/h6-9H,5,10-12H2,1-4H3,(H2,21,22,23);1H. The van der Waals surface area contributed by atoms with Crippen molar-refractivity contribution in [2.24, 2.45) is 4.99 Å². The predicted octanol–water partition coefficient (Wildman–Crippen LogP) is 4.73. The molecular weight excluding hydrogens is 471 g/mol. The molecule has 0 aliphatic carbocycles. The summed E-state index contributed by atoms with van der Waals surface area (Å²) in [5, 5.41) is 9.00. The largest absolute Gasteiger partial charge is 0.459 e. The number of guanidine groups is 1. The minimum Gasteiger partial charge on any atom is -0.459 e. The third kappa shape index (κ3) is 5.44. The van der Waals surface area contributed by atoms with Gasteiger partial charge < -0.3 is 15.1 Å². The molecule has 146 valence electrons. The van der Waals surface area contributed by atoms with Crippen LogP contribution in [0.3, 0.4) is 0 Å². The Morgan fingerprint density at radius 2 is 1.96 bits per heavy atom. The number of rotatable bonds is 6. The lowest BCUT2D eigenvalue weighted by molar-refractivity contribution is 0.548. The van der Waals surface area contributed by atoms with Gasteiger partial charge in [0.2, 0.25) is 0 Å². The third-order valence-electron chi connectivity index (χ3n) is 4.37. The lowest BCUT2D eigenvalue weighted by Crippen LogP contribution is -2.38. The van der Waals surface area contributed by atoms with E-state index in [1.54, 1.807) is 11.3 Å². The van der Waals surface area contributed by atoms with Crippen molar-refractivity contribution in [1.29, 1.82) is 0 Å². The van der Waals surface area contributed by atoms with Crippen LogP contribution in [0.2, 0.25) is 0 Å². The molecular formula is C20H27IN4OS. The van der Waals surface area contributed by atoms with Crippen molar-refractivity contribution in [3.05, 3.63) is 51.2 Å². The highest BCUT2D eigenvalue weighted by molar-refractivity contribution is 14.0. The smallest absolute Gasteiger partial charge is 0.191 e. The molecule has 0 fully saturated rings. The molecule has 0 aliphatic heterocycles. The van der Waals surface area contributed by atoms with Crippen LogP contribution >= 0.6 is 35.3 Å². The van der Waals surface area contributed by atoms with Crippen molar-refractivity contribution in [3.8, 4) is 0 Å². The van der Waals surface area contributed by atoms with Gasteiger partial charge in [-0.05, 0) is 33.8 Å². The number of furan rings is 1. The molecule has 0 spiro atoms. The Morgan fingerprint density at radius 3 is 2.63 bits per heavy atom. The van der Waals surface area contributed by atoms with Crippen LogP contribution in [0.5, 0.6) is 0 Å². The van der Waals surface area contributed by atoms with Gasteiger partial charge in [0.25, 0.3) is 0 Å². The summed E-state index contributed by atoms with van der Waals surface area (Å²) in [6.45, 7) is 10.5. The number of aliphatic imine (C=N–C) groups is 1. The van der Waals surface area contributed by atoms with Gasteiger partial charge in [-0.15, -0.1) is 35.3 Å². The molecule has 1 aromatic carbocycles. The molecule has 0 bridgehead atoms. The molecule has 0 unspecified atom stereocenters. The second-order valence-corrected chi connectivity index (χ2v) is 7.56. The first-order chi connectivity index (χ1) is 12.6. The van der Waals surface area contributed by atoms with Gasteiger partial charge in [0, 0.05) is 35.3 Å². The average Bonchev–Trinajstić information content (AvgIpc) is 3.12. The molecule has 0 atom stereocenters. The van der Waals surface area contributed by atoms with E-state index in [2.05, 4.69) is 54.4 Å². The monoisotopic (exact) mass is 498 g/mol. The van der Waals surface area contributed by atoms with E-state index in [4.69, 9.17) is 4.42 Å². The fraction of sp³-hybridized carbons (Fsp3) is 0.400. The number of para-hydroxylation sites is 1. The number of nitrogens with zero attached hydrogens (tertiary/aromatic N) is 2. The molecule has 0 saturated carbocycles. The van der Waals surface area contributed by atoms with Crippen LogP contribution in [-0.2, 0) is 13.0 Å². The van der Waals surface area contributed by atoms with Crippen molar-refractivity contribution in [3.63, 3.8) is 0 Å². The molecule has 3 aromatic rings. The predicted molar refractivity (Wildman–Crippen MR) is 124 cm³/mol. The number of fused-ring (bicyclic) bond motifs is 1. The molecule has 2 heterocycles. The minimum atomic E-state index is 0. The summed E-state index contributed by atoms with van der Waals surface area (Å²) in [5.41, 5.74) is 3.21. The van der Waals surface area contributed by atoms with Crippen molar-refractivity contribution in [1.82, 2.24) is 15.6 Å². The lowest BCUT2D eigenvalue weighted by Gasteiger charge is -2.10. The maximum atomic E-state index is 5.95. The van der Waals surface area contributed by atoms with E-state index < -0.39 is 0 Å². The van der Waals surface area contributed by atoms with Crippen molar-refractivity contribution >= 4 is 52.2 Å². The Morgan fingerprint density at radius 1 is 1.19 bits per heavy atom. The fourth-order valence-corrected chi connectivity index (χ4v) is 3.74. The summed E-state index contributed by atoms with van der Waals surface area (Å²) in [7, 11) is 0. The Balaban J connectivity index is 0.00000261. The number of hydrogen-bond acceptors (Lipinski definition) is 4. The third-order valence-corrected chi connectivity index (χ3v) is 5.50. The highest BCUT2D eigenvalue weighted by Crippen LogP contribution is 2.25. The van der Waals surface area contributed by atoms with Crippen LogP contribution in [-0.4, -0.2) is 24.0 Å². The van der Waals surface area contributed by atoms with Crippen LogP contribution in [0.25, 0.3) is 11.0 Å². The molecule has 7 heteroatoms. The van der Waals surface area contributed by atoms with Gasteiger partial charge >= 0.3 is 0 Å².